The standard InChI is InChI=1S/C19H21N5O2S/c1-14-9-22-24(12-14)19(18(25)26)4-6-23(7-5-19)13-15-10-20-17(21-11-15)16-3-2-8-27-16/h2-3,8-12H,4-7,13H2,1H3,(H,25,26). The molecular formula is C19H21N5O2S. The number of hydrogen-bond donors (Lipinski definition) is 1. The number of thiophene rings is 1. The molecule has 27 heavy (non-hydrogen) atoms. The molecule has 1 aliphatic rings. The summed E-state index contributed by atoms with van der Waals surface area (Å²) in [5, 5.41) is 16.1. The van der Waals surface area contributed by atoms with Crippen molar-refractivity contribution in [2.45, 2.75) is 31.8 Å². The van der Waals surface area contributed by atoms with Gasteiger partial charge in [0.1, 0.15) is 0 Å². The van der Waals surface area contributed by atoms with Gasteiger partial charge in [0.25, 0.3) is 0 Å². The number of carbonyl (C=O) groups is 1. The second-order valence-corrected chi connectivity index (χ2v) is 7.92. The first-order chi connectivity index (χ1) is 13.1. The van der Waals surface area contributed by atoms with Crippen LogP contribution >= 0.6 is 11.3 Å². The van der Waals surface area contributed by atoms with Crippen molar-refractivity contribution in [1.29, 1.82) is 0 Å². The molecule has 1 saturated heterocycles. The van der Waals surface area contributed by atoms with Crippen molar-refractivity contribution in [2.24, 2.45) is 0 Å². The predicted octanol–water partition coefficient (Wildman–Crippen LogP) is 2.79. The van der Waals surface area contributed by atoms with E-state index in [1.807, 2.05) is 43.0 Å². The highest BCUT2D eigenvalue weighted by molar-refractivity contribution is 7.13. The van der Waals surface area contributed by atoms with Crippen molar-refractivity contribution in [3.8, 4) is 10.7 Å². The summed E-state index contributed by atoms with van der Waals surface area (Å²) in [6.45, 7) is 4.03. The lowest BCUT2D eigenvalue weighted by molar-refractivity contribution is -0.151. The fourth-order valence-corrected chi connectivity index (χ4v) is 4.17. The number of rotatable bonds is 5. The molecule has 0 saturated carbocycles. The van der Waals surface area contributed by atoms with Crippen LogP contribution in [0.5, 0.6) is 0 Å². The SMILES string of the molecule is Cc1cnn(C2(C(=O)O)CCN(Cc3cnc(-c4cccs4)nc3)CC2)c1. The Bertz CT molecular complexity index is 912. The zero-order valence-corrected chi connectivity index (χ0v) is 15.9. The van der Waals surface area contributed by atoms with E-state index in [4.69, 9.17) is 0 Å². The van der Waals surface area contributed by atoms with Crippen LogP contribution in [0.4, 0.5) is 0 Å². The summed E-state index contributed by atoms with van der Waals surface area (Å²) in [5.74, 6) is -0.0692. The largest absolute Gasteiger partial charge is 0.479 e. The smallest absolute Gasteiger partial charge is 0.331 e. The molecule has 7 nitrogen and oxygen atoms in total. The Morgan fingerprint density at radius 3 is 2.56 bits per heavy atom. The summed E-state index contributed by atoms with van der Waals surface area (Å²) >= 11 is 1.62. The van der Waals surface area contributed by atoms with Gasteiger partial charge in [-0.1, -0.05) is 6.07 Å². The van der Waals surface area contributed by atoms with E-state index >= 15 is 0 Å². The van der Waals surface area contributed by atoms with Crippen LogP contribution in [0, 0.1) is 6.92 Å². The van der Waals surface area contributed by atoms with Crippen molar-refractivity contribution in [1.82, 2.24) is 24.6 Å². The van der Waals surface area contributed by atoms with Crippen LogP contribution in [0.1, 0.15) is 24.0 Å². The molecule has 0 spiro atoms. The van der Waals surface area contributed by atoms with Crippen molar-refractivity contribution in [2.75, 3.05) is 13.1 Å². The molecule has 0 atom stereocenters. The van der Waals surface area contributed by atoms with E-state index in [0.29, 0.717) is 25.9 Å². The third-order valence-electron chi connectivity index (χ3n) is 5.08. The van der Waals surface area contributed by atoms with Crippen LogP contribution in [0.3, 0.4) is 0 Å². The molecule has 0 unspecified atom stereocenters. The van der Waals surface area contributed by atoms with E-state index in [1.165, 1.54) is 0 Å². The number of aromatic nitrogens is 4. The Labute approximate surface area is 161 Å². The van der Waals surface area contributed by atoms with E-state index in [0.717, 1.165) is 28.4 Å². The number of hydrogen-bond acceptors (Lipinski definition) is 6. The third kappa shape index (κ3) is 3.50. The lowest BCUT2D eigenvalue weighted by atomic mass is 9.87. The molecule has 0 bridgehead atoms. The number of carboxylic acids is 1. The average molecular weight is 383 g/mol. The van der Waals surface area contributed by atoms with Gasteiger partial charge in [-0.25, -0.2) is 14.8 Å². The fourth-order valence-electron chi connectivity index (χ4n) is 3.50. The average Bonchev–Trinajstić information content (AvgIpc) is 3.35. The van der Waals surface area contributed by atoms with Crippen molar-refractivity contribution in [3.63, 3.8) is 0 Å². The Morgan fingerprint density at radius 2 is 2.00 bits per heavy atom. The van der Waals surface area contributed by atoms with Gasteiger partial charge in [-0.2, -0.15) is 5.10 Å². The maximum atomic E-state index is 12.0. The van der Waals surface area contributed by atoms with Crippen LogP contribution in [0.15, 0.2) is 42.3 Å². The van der Waals surface area contributed by atoms with Gasteiger partial charge in [-0.15, -0.1) is 11.3 Å². The van der Waals surface area contributed by atoms with Gasteiger partial charge in [0.05, 0.1) is 11.1 Å². The van der Waals surface area contributed by atoms with Crippen LogP contribution < -0.4 is 0 Å². The first kappa shape index (κ1) is 17.8. The zero-order chi connectivity index (χ0) is 18.9. The molecule has 1 N–H and O–H groups in total. The van der Waals surface area contributed by atoms with E-state index in [1.54, 1.807) is 22.2 Å². The van der Waals surface area contributed by atoms with E-state index in [-0.39, 0.29) is 0 Å². The molecule has 0 aliphatic carbocycles. The Hall–Kier alpha value is -2.58. The van der Waals surface area contributed by atoms with E-state index < -0.39 is 11.5 Å². The number of nitrogens with zero attached hydrogens (tertiary/aromatic N) is 5. The van der Waals surface area contributed by atoms with Gasteiger partial charge in [0.2, 0.25) is 0 Å². The fraction of sp³-hybridized carbons (Fsp3) is 0.368. The van der Waals surface area contributed by atoms with Gasteiger partial charge >= 0.3 is 5.97 Å². The van der Waals surface area contributed by atoms with Crippen molar-refractivity contribution in [3.05, 3.63) is 53.4 Å². The molecule has 0 aromatic carbocycles. The molecule has 8 heteroatoms. The Balaban J connectivity index is 1.42. The van der Waals surface area contributed by atoms with Crippen molar-refractivity contribution >= 4 is 17.3 Å². The summed E-state index contributed by atoms with van der Waals surface area (Å²) in [7, 11) is 0. The van der Waals surface area contributed by atoms with Gasteiger partial charge in [0.15, 0.2) is 11.4 Å². The molecular weight excluding hydrogens is 362 g/mol. The second kappa shape index (κ2) is 7.21. The highest BCUT2D eigenvalue weighted by Gasteiger charge is 2.44. The van der Waals surface area contributed by atoms with Gasteiger partial charge in [-0.3, -0.25) is 9.58 Å². The van der Waals surface area contributed by atoms with Crippen molar-refractivity contribution < 1.29 is 9.90 Å². The minimum absolute atomic E-state index is 0.525. The molecule has 0 radical (unpaired) electrons. The molecule has 4 heterocycles. The maximum Gasteiger partial charge on any atom is 0.331 e. The summed E-state index contributed by atoms with van der Waals surface area (Å²) in [4.78, 5) is 24.2. The molecule has 3 aromatic heterocycles. The number of aryl methyl sites for hydroxylation is 1. The summed E-state index contributed by atoms with van der Waals surface area (Å²) in [6, 6.07) is 3.99. The Kier molecular flexibility index (Phi) is 4.75. The summed E-state index contributed by atoms with van der Waals surface area (Å²) in [6.07, 6.45) is 8.30. The maximum absolute atomic E-state index is 12.0. The third-order valence-corrected chi connectivity index (χ3v) is 5.95. The lowest BCUT2D eigenvalue weighted by Crippen LogP contribution is -2.51. The molecule has 3 aromatic rings. The topological polar surface area (TPSA) is 84.1 Å². The van der Waals surface area contributed by atoms with Gasteiger partial charge in [0, 0.05) is 43.8 Å². The predicted molar refractivity (Wildman–Crippen MR) is 102 cm³/mol. The van der Waals surface area contributed by atoms with Crippen LogP contribution in [0.25, 0.3) is 10.7 Å². The normalized spacial score (nSPS) is 17.1. The monoisotopic (exact) mass is 383 g/mol. The highest BCUT2D eigenvalue weighted by Crippen LogP contribution is 2.31. The highest BCUT2D eigenvalue weighted by atomic mass is 32.1. The number of likely N-dealkylation sites (tertiary alicyclic amines) is 1. The Morgan fingerprint density at radius 1 is 1.26 bits per heavy atom. The van der Waals surface area contributed by atoms with Crippen LogP contribution in [-0.2, 0) is 16.9 Å². The summed E-state index contributed by atoms with van der Waals surface area (Å²) < 4.78 is 1.63. The number of piperidine rings is 1. The zero-order valence-electron chi connectivity index (χ0n) is 15.1. The van der Waals surface area contributed by atoms with Gasteiger partial charge < -0.3 is 5.11 Å². The number of aliphatic carboxylic acids is 1. The minimum Gasteiger partial charge on any atom is -0.479 e. The first-order valence-corrected chi connectivity index (χ1v) is 9.77. The molecule has 1 aliphatic heterocycles. The van der Waals surface area contributed by atoms with Gasteiger partial charge in [-0.05, 0) is 36.8 Å². The van der Waals surface area contributed by atoms with Crippen LogP contribution in [0.2, 0.25) is 0 Å². The number of carboxylic acid groups (broad SMARTS) is 1. The lowest BCUT2D eigenvalue weighted by Gasteiger charge is -2.38. The van der Waals surface area contributed by atoms with E-state index in [2.05, 4.69) is 20.0 Å². The first-order valence-electron chi connectivity index (χ1n) is 8.89. The molecule has 4 rings (SSSR count). The minimum atomic E-state index is -0.954. The van der Waals surface area contributed by atoms with E-state index in [9.17, 15) is 9.90 Å². The molecule has 0 amide bonds. The molecule has 1 fully saturated rings. The summed E-state index contributed by atoms with van der Waals surface area (Å²) in [5.41, 5.74) is 1.05. The quantitative estimate of drug-likeness (QED) is 0.729. The second-order valence-electron chi connectivity index (χ2n) is 6.97. The van der Waals surface area contributed by atoms with Crippen LogP contribution in [-0.4, -0.2) is 48.8 Å². The molecule has 140 valence electrons.